The van der Waals surface area contributed by atoms with Crippen LogP contribution < -0.4 is 15.6 Å². The highest BCUT2D eigenvalue weighted by Crippen LogP contribution is 2.57. The maximum atomic E-state index is 13.4. The van der Waals surface area contributed by atoms with Crippen LogP contribution in [0.25, 0.3) is 11.0 Å². The number of benzene rings is 2. The zero-order valence-corrected chi connectivity index (χ0v) is 19.2. The summed E-state index contributed by atoms with van der Waals surface area (Å²) >= 11 is 0. The van der Waals surface area contributed by atoms with Gasteiger partial charge >= 0.3 is 5.97 Å². The number of aromatic carboxylic acids is 1. The second-order valence-corrected chi connectivity index (χ2v) is 9.87. The van der Waals surface area contributed by atoms with E-state index in [0.29, 0.717) is 41.2 Å². The van der Waals surface area contributed by atoms with Crippen LogP contribution in [0, 0.1) is 19.3 Å². The minimum Gasteiger partial charge on any atom is -0.478 e. The number of rotatable bonds is 5. The van der Waals surface area contributed by atoms with Crippen molar-refractivity contribution in [3.8, 4) is 0 Å². The average molecular weight is 469 g/mol. The first-order valence-corrected chi connectivity index (χ1v) is 11.3. The molecule has 2 fully saturated rings. The number of carbonyl (C=O) groups is 1. The number of hydrogen-bond donors (Lipinski definition) is 2. The Labute approximate surface area is 195 Å². The first-order valence-electron chi connectivity index (χ1n) is 11.3. The maximum absolute atomic E-state index is 13.4. The van der Waals surface area contributed by atoms with Crippen molar-refractivity contribution in [1.82, 2.24) is 0 Å². The fraction of sp³-hybridized carbons (Fsp3) is 0.385. The molecule has 2 aromatic carbocycles. The molecule has 1 aliphatic carbocycles. The number of nitrogens with one attached hydrogen (secondary N) is 1. The molecule has 1 saturated carbocycles. The van der Waals surface area contributed by atoms with Gasteiger partial charge in [-0.3, -0.25) is 4.79 Å². The van der Waals surface area contributed by atoms with E-state index in [4.69, 9.17) is 4.42 Å². The Hall–Kier alpha value is -3.42. The van der Waals surface area contributed by atoms with Crippen LogP contribution in [0.1, 0.15) is 52.9 Å². The van der Waals surface area contributed by atoms with E-state index in [1.807, 2.05) is 24.8 Å². The van der Waals surface area contributed by atoms with Crippen molar-refractivity contribution in [2.75, 3.05) is 23.3 Å². The van der Waals surface area contributed by atoms with Crippen LogP contribution in [-0.4, -0.2) is 30.1 Å². The number of para-hydroxylation sites is 1. The Morgan fingerprint density at radius 2 is 1.85 bits per heavy atom. The van der Waals surface area contributed by atoms with Gasteiger partial charge in [-0.15, -0.1) is 0 Å². The van der Waals surface area contributed by atoms with E-state index < -0.39 is 17.3 Å². The Morgan fingerprint density at radius 1 is 1.18 bits per heavy atom. The summed E-state index contributed by atoms with van der Waals surface area (Å²) < 4.78 is 33.2. The Balaban J connectivity index is 1.53. The summed E-state index contributed by atoms with van der Waals surface area (Å²) in [6.45, 7) is 6.35. The summed E-state index contributed by atoms with van der Waals surface area (Å²) in [5.74, 6) is -3.22. The fourth-order valence-electron chi connectivity index (χ4n) is 5.46. The molecular weight excluding hydrogens is 442 g/mol. The van der Waals surface area contributed by atoms with Crippen molar-refractivity contribution in [2.24, 2.45) is 5.41 Å². The van der Waals surface area contributed by atoms with Gasteiger partial charge in [0.05, 0.1) is 22.6 Å². The molecule has 6 nitrogen and oxygen atoms in total. The van der Waals surface area contributed by atoms with Crippen LogP contribution in [-0.2, 0) is 0 Å². The molecule has 1 saturated heterocycles. The minimum absolute atomic E-state index is 0.123. The number of carboxylic acid groups (broad SMARTS) is 1. The van der Waals surface area contributed by atoms with Gasteiger partial charge in [0.2, 0.25) is 11.8 Å². The second kappa shape index (κ2) is 7.55. The summed E-state index contributed by atoms with van der Waals surface area (Å²) in [6.07, 6.45) is -0.247. The smallest absolute Gasteiger partial charge is 0.337 e. The highest BCUT2D eigenvalue weighted by atomic mass is 19.3. The Bertz CT molecular complexity index is 1370. The molecule has 178 valence electrons. The van der Waals surface area contributed by atoms with Crippen LogP contribution in [0.15, 0.2) is 45.6 Å². The highest BCUT2D eigenvalue weighted by molar-refractivity contribution is 5.94. The molecule has 1 aliphatic heterocycles. The first kappa shape index (κ1) is 22.4. The molecule has 0 amide bonds. The number of halogens is 2. The van der Waals surface area contributed by atoms with Gasteiger partial charge in [-0.25, -0.2) is 13.6 Å². The molecule has 2 aliphatic rings. The van der Waals surface area contributed by atoms with E-state index >= 15 is 0 Å². The van der Waals surface area contributed by atoms with Crippen molar-refractivity contribution in [3.63, 3.8) is 0 Å². The normalized spacial score (nSPS) is 18.9. The lowest BCUT2D eigenvalue weighted by Crippen LogP contribution is -2.66. The molecule has 1 atom stereocenters. The first-order chi connectivity index (χ1) is 16.0. The van der Waals surface area contributed by atoms with Gasteiger partial charge in [-0.1, -0.05) is 18.2 Å². The molecular formula is C26H26F2N2O4. The maximum Gasteiger partial charge on any atom is 0.337 e. The molecule has 8 heteroatoms. The van der Waals surface area contributed by atoms with Gasteiger partial charge in [-0.05, 0) is 44.5 Å². The number of fused-ring (bicyclic) bond motifs is 1. The van der Waals surface area contributed by atoms with Crippen molar-refractivity contribution in [2.45, 2.75) is 45.6 Å². The third-order valence-electron chi connectivity index (χ3n) is 6.97. The summed E-state index contributed by atoms with van der Waals surface area (Å²) in [6, 6.07) is 9.96. The van der Waals surface area contributed by atoms with E-state index in [-0.39, 0.29) is 29.9 Å². The average Bonchev–Trinajstić information content (AvgIpc) is 2.73. The van der Waals surface area contributed by atoms with Gasteiger partial charge < -0.3 is 19.7 Å². The Morgan fingerprint density at radius 3 is 2.50 bits per heavy atom. The third-order valence-corrected chi connectivity index (χ3v) is 6.97. The SMILES string of the molecule is Cc1cc([C@@H](C)Nc2ccccc2C(=O)O)c2oc(N3CC4(C3)CC(F)(F)C4)c(C)c(=O)c2c1. The predicted octanol–water partition coefficient (Wildman–Crippen LogP) is 5.52. The van der Waals surface area contributed by atoms with Crippen molar-refractivity contribution >= 4 is 28.5 Å². The van der Waals surface area contributed by atoms with Crippen molar-refractivity contribution < 1.29 is 23.1 Å². The lowest BCUT2D eigenvalue weighted by molar-refractivity contribution is -0.170. The monoisotopic (exact) mass is 468 g/mol. The summed E-state index contributed by atoms with van der Waals surface area (Å²) in [4.78, 5) is 26.8. The minimum atomic E-state index is -2.59. The van der Waals surface area contributed by atoms with E-state index in [9.17, 15) is 23.5 Å². The molecule has 2 N–H and O–H groups in total. The predicted molar refractivity (Wildman–Crippen MR) is 126 cm³/mol. The molecule has 0 radical (unpaired) electrons. The molecule has 5 rings (SSSR count). The van der Waals surface area contributed by atoms with Gasteiger partial charge in [0.25, 0.3) is 0 Å². The molecule has 34 heavy (non-hydrogen) atoms. The number of hydrogen-bond acceptors (Lipinski definition) is 5. The molecule has 3 aromatic rings. The zero-order chi connectivity index (χ0) is 24.4. The molecule has 2 heterocycles. The zero-order valence-electron chi connectivity index (χ0n) is 19.2. The van der Waals surface area contributed by atoms with Gasteiger partial charge in [0.15, 0.2) is 5.43 Å². The van der Waals surface area contributed by atoms with E-state index in [1.54, 1.807) is 31.2 Å². The van der Waals surface area contributed by atoms with Crippen LogP contribution >= 0.6 is 0 Å². The summed E-state index contributed by atoms with van der Waals surface area (Å²) in [5.41, 5.74) is 2.54. The number of anilines is 2. The molecule has 0 bridgehead atoms. The van der Waals surface area contributed by atoms with Crippen molar-refractivity contribution in [1.29, 1.82) is 0 Å². The highest BCUT2D eigenvalue weighted by Gasteiger charge is 2.62. The quantitative estimate of drug-likeness (QED) is 0.513. The number of nitrogens with zero attached hydrogens (tertiary/aromatic N) is 1. The lowest BCUT2D eigenvalue weighted by atomic mass is 9.61. The van der Waals surface area contributed by atoms with Crippen LogP contribution in [0.3, 0.4) is 0 Å². The summed E-state index contributed by atoms with van der Waals surface area (Å²) in [5, 5.41) is 13.2. The standard InChI is InChI=1S/C26H26F2N2O4/c1-14-8-18(16(3)29-20-7-5-4-6-17(20)24(32)33)22-19(9-14)21(31)15(2)23(34-22)30-12-25(13-30)10-26(27,28)11-25/h4-9,16,29H,10-13H2,1-3H3,(H,32,33)/t16-/m1/s1. The van der Waals surface area contributed by atoms with Crippen LogP contribution in [0.5, 0.6) is 0 Å². The van der Waals surface area contributed by atoms with Gasteiger partial charge in [0.1, 0.15) is 5.58 Å². The topological polar surface area (TPSA) is 82.8 Å². The van der Waals surface area contributed by atoms with E-state index in [0.717, 1.165) is 11.1 Å². The number of alkyl halides is 2. The Kier molecular flexibility index (Phi) is 4.97. The van der Waals surface area contributed by atoms with Gasteiger partial charge in [-0.2, -0.15) is 0 Å². The summed E-state index contributed by atoms with van der Waals surface area (Å²) in [7, 11) is 0. The van der Waals surface area contributed by atoms with E-state index in [2.05, 4.69) is 5.32 Å². The van der Waals surface area contributed by atoms with Crippen molar-refractivity contribution in [3.05, 3.63) is 68.9 Å². The van der Waals surface area contributed by atoms with Crippen LogP contribution in [0.4, 0.5) is 20.4 Å². The van der Waals surface area contributed by atoms with E-state index in [1.165, 1.54) is 6.07 Å². The van der Waals surface area contributed by atoms with Gasteiger partial charge in [0, 0.05) is 42.6 Å². The number of aryl methyl sites for hydroxylation is 1. The lowest BCUT2D eigenvalue weighted by Gasteiger charge is -2.58. The largest absolute Gasteiger partial charge is 0.478 e. The van der Waals surface area contributed by atoms with Crippen LogP contribution in [0.2, 0.25) is 0 Å². The fourth-order valence-corrected chi connectivity index (χ4v) is 5.46. The molecule has 1 spiro atoms. The second-order valence-electron chi connectivity index (χ2n) is 9.87. The third kappa shape index (κ3) is 3.61. The molecule has 1 aromatic heterocycles. The number of carboxylic acids is 1. The molecule has 0 unspecified atom stereocenters.